The summed E-state index contributed by atoms with van der Waals surface area (Å²) in [5.41, 5.74) is 0.435. The fourth-order valence-corrected chi connectivity index (χ4v) is 5.28. The van der Waals surface area contributed by atoms with Crippen LogP contribution in [-0.4, -0.2) is 33.3 Å². The zero-order valence-electron chi connectivity index (χ0n) is 14.6. The Morgan fingerprint density at radius 2 is 2.11 bits per heavy atom. The Bertz CT molecular complexity index is 1080. The van der Waals surface area contributed by atoms with Crippen molar-refractivity contribution in [3.63, 3.8) is 0 Å². The molecule has 148 valence electrons. The Morgan fingerprint density at radius 3 is 2.71 bits per heavy atom. The predicted octanol–water partition coefficient (Wildman–Crippen LogP) is 3.41. The molecule has 0 aliphatic heterocycles. The molecule has 3 aromatic rings. The molecule has 0 radical (unpaired) electrons. The minimum atomic E-state index is -3.63. The van der Waals surface area contributed by atoms with Crippen LogP contribution in [0.4, 0.5) is 14.5 Å². The number of nitrogens with zero attached hydrogens (tertiary/aromatic N) is 5. The average Bonchev–Trinajstić information content (AvgIpc) is 3.11. The van der Waals surface area contributed by atoms with E-state index in [0.29, 0.717) is 28.4 Å². The Balaban J connectivity index is 1.64. The minimum absolute atomic E-state index is 0.00980. The summed E-state index contributed by atoms with van der Waals surface area (Å²) in [5.74, 6) is -0.852. The number of rotatable bonds is 7. The SMILES string of the molecule is CC1(S(=O)(=O)N(Cc2ncc(-c3nnc(C(F)F)o3)s2)c2cccnc2)CC1. The molecule has 28 heavy (non-hydrogen) atoms. The Kier molecular flexibility index (Phi) is 4.62. The lowest BCUT2D eigenvalue weighted by Gasteiger charge is -2.26. The molecule has 3 aromatic heterocycles. The van der Waals surface area contributed by atoms with Gasteiger partial charge in [0.1, 0.15) is 9.88 Å². The molecule has 1 saturated carbocycles. The molecule has 0 N–H and O–H groups in total. The maximum Gasteiger partial charge on any atom is 0.314 e. The molecule has 4 rings (SSSR count). The summed E-state index contributed by atoms with van der Waals surface area (Å²) >= 11 is 1.10. The van der Waals surface area contributed by atoms with Crippen molar-refractivity contribution >= 4 is 27.0 Å². The van der Waals surface area contributed by atoms with Crippen molar-refractivity contribution in [2.24, 2.45) is 0 Å². The Morgan fingerprint density at radius 1 is 1.32 bits per heavy atom. The van der Waals surface area contributed by atoms with E-state index >= 15 is 0 Å². The third-order valence-corrected chi connectivity index (χ3v) is 8.02. The number of pyridine rings is 1. The van der Waals surface area contributed by atoms with Crippen LogP contribution in [0.2, 0.25) is 0 Å². The number of hydrogen-bond donors (Lipinski definition) is 0. The molecule has 3 heterocycles. The van der Waals surface area contributed by atoms with Crippen LogP contribution >= 0.6 is 11.3 Å². The van der Waals surface area contributed by atoms with Crippen LogP contribution < -0.4 is 4.31 Å². The second-order valence-corrected chi connectivity index (χ2v) is 10.0. The van der Waals surface area contributed by atoms with Gasteiger partial charge in [-0.3, -0.25) is 9.29 Å². The van der Waals surface area contributed by atoms with E-state index in [1.807, 2.05) is 0 Å². The van der Waals surface area contributed by atoms with Crippen LogP contribution in [-0.2, 0) is 16.6 Å². The molecule has 0 amide bonds. The van der Waals surface area contributed by atoms with Gasteiger partial charge in [0.15, 0.2) is 0 Å². The molecule has 0 aromatic carbocycles. The van der Waals surface area contributed by atoms with Gasteiger partial charge in [-0.05, 0) is 31.9 Å². The summed E-state index contributed by atoms with van der Waals surface area (Å²) in [5, 5.41) is 7.34. The van der Waals surface area contributed by atoms with Gasteiger partial charge in [-0.2, -0.15) is 8.78 Å². The van der Waals surface area contributed by atoms with Crippen molar-refractivity contribution < 1.29 is 21.6 Å². The second kappa shape index (κ2) is 6.85. The number of anilines is 1. The van der Waals surface area contributed by atoms with Gasteiger partial charge in [0, 0.05) is 6.20 Å². The van der Waals surface area contributed by atoms with Gasteiger partial charge in [-0.15, -0.1) is 21.5 Å². The van der Waals surface area contributed by atoms with Gasteiger partial charge < -0.3 is 4.42 Å². The van der Waals surface area contributed by atoms with Gasteiger partial charge in [-0.1, -0.05) is 0 Å². The Labute approximate surface area is 163 Å². The van der Waals surface area contributed by atoms with Crippen molar-refractivity contribution in [2.45, 2.75) is 37.5 Å². The van der Waals surface area contributed by atoms with Gasteiger partial charge in [0.05, 0.1) is 29.4 Å². The lowest BCUT2D eigenvalue weighted by molar-refractivity contribution is 0.116. The molecule has 12 heteroatoms. The molecule has 8 nitrogen and oxygen atoms in total. The molecule has 1 aliphatic carbocycles. The van der Waals surface area contributed by atoms with Gasteiger partial charge in [0.2, 0.25) is 10.0 Å². The average molecular weight is 427 g/mol. The zero-order valence-corrected chi connectivity index (χ0v) is 16.3. The fourth-order valence-electron chi connectivity index (χ4n) is 2.54. The minimum Gasteiger partial charge on any atom is -0.414 e. The highest BCUT2D eigenvalue weighted by atomic mass is 32.2. The van der Waals surface area contributed by atoms with Crippen LogP contribution in [0.25, 0.3) is 10.8 Å². The normalized spacial score (nSPS) is 15.7. The monoisotopic (exact) mass is 427 g/mol. The molecule has 1 aliphatic rings. The molecule has 0 spiro atoms. The number of aromatic nitrogens is 4. The van der Waals surface area contributed by atoms with Crippen molar-refractivity contribution in [1.82, 2.24) is 20.2 Å². The maximum absolute atomic E-state index is 13.1. The Hall–Kier alpha value is -2.47. The fraction of sp³-hybridized carbons (Fsp3) is 0.375. The van der Waals surface area contributed by atoms with Crippen molar-refractivity contribution in [3.8, 4) is 10.8 Å². The number of hydrogen-bond acceptors (Lipinski definition) is 8. The van der Waals surface area contributed by atoms with Crippen molar-refractivity contribution in [1.29, 1.82) is 0 Å². The smallest absolute Gasteiger partial charge is 0.314 e. The van der Waals surface area contributed by atoms with E-state index in [4.69, 9.17) is 4.42 Å². The topological polar surface area (TPSA) is 102 Å². The van der Waals surface area contributed by atoms with E-state index in [9.17, 15) is 17.2 Å². The summed E-state index contributed by atoms with van der Waals surface area (Å²) in [4.78, 5) is 8.60. The number of thiazole rings is 1. The third-order valence-electron chi connectivity index (χ3n) is 4.47. The number of alkyl halides is 2. The molecule has 0 bridgehead atoms. The van der Waals surface area contributed by atoms with E-state index in [1.165, 1.54) is 16.7 Å². The highest BCUT2D eigenvalue weighted by Gasteiger charge is 2.53. The van der Waals surface area contributed by atoms with Crippen LogP contribution in [0.5, 0.6) is 0 Å². The predicted molar refractivity (Wildman–Crippen MR) is 97.3 cm³/mol. The van der Waals surface area contributed by atoms with E-state index in [2.05, 4.69) is 20.2 Å². The summed E-state index contributed by atoms with van der Waals surface area (Å²) in [7, 11) is -3.63. The van der Waals surface area contributed by atoms with Crippen LogP contribution in [0, 0.1) is 0 Å². The molecular weight excluding hydrogens is 412 g/mol. The summed E-state index contributed by atoms with van der Waals surface area (Å²) in [6.45, 7) is 1.70. The molecule has 0 unspecified atom stereocenters. The van der Waals surface area contributed by atoms with Crippen LogP contribution in [0.3, 0.4) is 0 Å². The van der Waals surface area contributed by atoms with Crippen LogP contribution in [0.1, 0.15) is 37.1 Å². The molecule has 0 atom stereocenters. The quantitative estimate of drug-likeness (QED) is 0.569. The first-order chi connectivity index (χ1) is 13.3. The highest BCUT2D eigenvalue weighted by molar-refractivity contribution is 7.94. The number of halogens is 2. The van der Waals surface area contributed by atoms with Crippen LogP contribution in [0.15, 0.2) is 35.1 Å². The highest BCUT2D eigenvalue weighted by Crippen LogP contribution is 2.46. The van der Waals surface area contributed by atoms with E-state index in [0.717, 1.165) is 11.3 Å². The molecular formula is C16H15F2N5O3S2. The second-order valence-electron chi connectivity index (χ2n) is 6.54. The largest absolute Gasteiger partial charge is 0.414 e. The van der Waals surface area contributed by atoms with Gasteiger partial charge in [-0.25, -0.2) is 13.4 Å². The molecule has 1 fully saturated rings. The van der Waals surface area contributed by atoms with E-state index in [1.54, 1.807) is 25.3 Å². The van der Waals surface area contributed by atoms with E-state index < -0.39 is 27.1 Å². The van der Waals surface area contributed by atoms with Gasteiger partial charge in [0.25, 0.3) is 11.8 Å². The zero-order chi connectivity index (χ0) is 19.9. The van der Waals surface area contributed by atoms with Crippen molar-refractivity contribution in [2.75, 3.05) is 4.31 Å². The summed E-state index contributed by atoms with van der Waals surface area (Å²) in [6.07, 6.45) is 2.76. The standard InChI is InChI=1S/C16H15F2N5O3S2/c1-16(4-5-16)28(24,25)23(10-3-2-6-19-7-10)9-12-20-8-11(27-12)14-21-22-15(26-14)13(17)18/h2-3,6-8,13H,4-5,9H2,1H3. The van der Waals surface area contributed by atoms with Gasteiger partial charge >= 0.3 is 6.43 Å². The molecule has 0 saturated heterocycles. The number of sulfonamides is 1. The maximum atomic E-state index is 13.1. The first-order valence-corrected chi connectivity index (χ1v) is 10.5. The first kappa shape index (κ1) is 18.9. The summed E-state index contributed by atoms with van der Waals surface area (Å²) in [6, 6.07) is 3.32. The summed E-state index contributed by atoms with van der Waals surface area (Å²) < 4.78 is 56.9. The lowest BCUT2D eigenvalue weighted by atomic mass is 10.4. The third kappa shape index (κ3) is 3.37. The van der Waals surface area contributed by atoms with E-state index in [-0.39, 0.29) is 12.4 Å². The lowest BCUT2D eigenvalue weighted by Crippen LogP contribution is -2.38. The van der Waals surface area contributed by atoms with Crippen molar-refractivity contribution in [3.05, 3.63) is 41.6 Å². The first-order valence-electron chi connectivity index (χ1n) is 8.29.